The number of rotatable bonds is 3. The Morgan fingerprint density at radius 3 is 2.38 bits per heavy atom. The van der Waals surface area contributed by atoms with Gasteiger partial charge in [0.15, 0.2) is 5.69 Å². The smallest absolute Gasteiger partial charge is 0.364 e. The number of carbonyl (C=O) groups excluding carboxylic acids is 1. The monoisotopic (exact) mass is 344 g/mol. The molecule has 0 spiro atoms. The van der Waals surface area contributed by atoms with Crippen LogP contribution in [0, 0.1) is 13.8 Å². The molecule has 0 atom stereocenters. The molecule has 0 aliphatic carbocycles. The van der Waals surface area contributed by atoms with Crippen LogP contribution in [0.5, 0.6) is 5.75 Å². The maximum absolute atomic E-state index is 12.6. The standard InChI is InChI=1S/C17H16N2O4S/c1-11-7-6-8-12(2)15(11)23-16(20)14-13-9-4-5-10-19(13)17(18-14)24(3,21)22/h4-10H,1-3H3. The van der Waals surface area contributed by atoms with Crippen LogP contribution in [0.15, 0.2) is 47.8 Å². The highest BCUT2D eigenvalue weighted by molar-refractivity contribution is 7.90. The molecule has 7 heteroatoms. The summed E-state index contributed by atoms with van der Waals surface area (Å²) in [5, 5.41) is -0.188. The van der Waals surface area contributed by atoms with Gasteiger partial charge in [0.05, 0.1) is 5.52 Å². The quantitative estimate of drug-likeness (QED) is 0.539. The molecule has 0 bridgehead atoms. The van der Waals surface area contributed by atoms with Crippen LogP contribution < -0.4 is 4.74 Å². The maximum Gasteiger partial charge on any atom is 0.364 e. The van der Waals surface area contributed by atoms with Gasteiger partial charge < -0.3 is 4.74 Å². The zero-order valence-corrected chi connectivity index (χ0v) is 14.3. The molecule has 6 nitrogen and oxygen atoms in total. The molecule has 2 heterocycles. The molecule has 0 saturated heterocycles. The van der Waals surface area contributed by atoms with Gasteiger partial charge in [-0.1, -0.05) is 24.3 Å². The molecular formula is C17H16N2O4S. The number of benzene rings is 1. The SMILES string of the molecule is Cc1cccc(C)c1OC(=O)c1nc(S(C)(=O)=O)n2ccccc12. The van der Waals surface area contributed by atoms with E-state index in [-0.39, 0.29) is 10.9 Å². The number of hydrogen-bond acceptors (Lipinski definition) is 5. The summed E-state index contributed by atoms with van der Waals surface area (Å²) in [6.45, 7) is 3.67. The molecule has 0 N–H and O–H groups in total. The molecule has 124 valence electrons. The predicted octanol–water partition coefficient (Wildman–Crippen LogP) is 2.57. The number of carbonyl (C=O) groups is 1. The first-order valence-corrected chi connectivity index (χ1v) is 9.13. The fourth-order valence-corrected chi connectivity index (χ4v) is 3.30. The Kier molecular flexibility index (Phi) is 3.88. The second-order valence-electron chi connectivity index (χ2n) is 5.58. The van der Waals surface area contributed by atoms with Crippen molar-refractivity contribution >= 4 is 21.3 Å². The molecule has 0 aliphatic heterocycles. The van der Waals surface area contributed by atoms with Crippen molar-refractivity contribution in [1.29, 1.82) is 0 Å². The Hall–Kier alpha value is -2.67. The van der Waals surface area contributed by atoms with Gasteiger partial charge in [-0.3, -0.25) is 4.40 Å². The van der Waals surface area contributed by atoms with Gasteiger partial charge in [-0.05, 0) is 37.1 Å². The van der Waals surface area contributed by atoms with E-state index in [4.69, 9.17) is 4.74 Å². The van der Waals surface area contributed by atoms with E-state index in [0.717, 1.165) is 17.4 Å². The van der Waals surface area contributed by atoms with Crippen LogP contribution >= 0.6 is 0 Å². The molecule has 24 heavy (non-hydrogen) atoms. The minimum atomic E-state index is -3.59. The fourth-order valence-electron chi connectivity index (χ4n) is 2.52. The number of para-hydroxylation sites is 1. The van der Waals surface area contributed by atoms with E-state index in [0.29, 0.717) is 11.3 Å². The Morgan fingerprint density at radius 1 is 1.08 bits per heavy atom. The number of esters is 1. The first-order chi connectivity index (χ1) is 11.3. The van der Waals surface area contributed by atoms with Gasteiger partial charge in [0.25, 0.3) is 0 Å². The van der Waals surface area contributed by atoms with Crippen molar-refractivity contribution in [3.05, 3.63) is 59.4 Å². The number of ether oxygens (including phenoxy) is 1. The van der Waals surface area contributed by atoms with Gasteiger partial charge in [-0.15, -0.1) is 0 Å². The van der Waals surface area contributed by atoms with Crippen molar-refractivity contribution in [2.24, 2.45) is 0 Å². The van der Waals surface area contributed by atoms with Crippen LogP contribution in [-0.4, -0.2) is 30.0 Å². The maximum atomic E-state index is 12.6. The first kappa shape index (κ1) is 16.2. The fraction of sp³-hybridized carbons (Fsp3) is 0.176. The summed E-state index contributed by atoms with van der Waals surface area (Å²) in [6, 6.07) is 10.5. The van der Waals surface area contributed by atoms with Gasteiger partial charge in [0.1, 0.15) is 5.75 Å². The number of aryl methyl sites for hydroxylation is 2. The Labute approximate surface area is 139 Å². The van der Waals surface area contributed by atoms with Gasteiger partial charge in [0.2, 0.25) is 15.0 Å². The van der Waals surface area contributed by atoms with Crippen LogP contribution in [0.2, 0.25) is 0 Å². The van der Waals surface area contributed by atoms with Crippen molar-refractivity contribution in [3.63, 3.8) is 0 Å². The van der Waals surface area contributed by atoms with Gasteiger partial charge >= 0.3 is 5.97 Å². The lowest BCUT2D eigenvalue weighted by Gasteiger charge is -2.09. The molecular weight excluding hydrogens is 328 g/mol. The van der Waals surface area contributed by atoms with Crippen molar-refractivity contribution < 1.29 is 17.9 Å². The number of hydrogen-bond donors (Lipinski definition) is 0. The average Bonchev–Trinajstić information content (AvgIpc) is 2.91. The lowest BCUT2D eigenvalue weighted by Crippen LogP contribution is -2.11. The third-order valence-corrected chi connectivity index (χ3v) is 4.60. The second kappa shape index (κ2) is 5.76. The molecule has 0 radical (unpaired) electrons. The molecule has 0 unspecified atom stereocenters. The third kappa shape index (κ3) is 2.78. The van der Waals surface area contributed by atoms with Crippen molar-refractivity contribution in [3.8, 4) is 5.75 Å². The van der Waals surface area contributed by atoms with Crippen molar-refractivity contribution in [1.82, 2.24) is 9.38 Å². The van der Waals surface area contributed by atoms with Gasteiger partial charge in [-0.25, -0.2) is 18.2 Å². The molecule has 0 amide bonds. The summed E-state index contributed by atoms with van der Waals surface area (Å²) >= 11 is 0. The van der Waals surface area contributed by atoms with E-state index in [9.17, 15) is 13.2 Å². The highest BCUT2D eigenvalue weighted by Crippen LogP contribution is 2.25. The van der Waals surface area contributed by atoms with E-state index in [2.05, 4.69) is 4.98 Å². The van der Waals surface area contributed by atoms with E-state index in [1.807, 2.05) is 32.0 Å². The normalized spacial score (nSPS) is 11.6. The van der Waals surface area contributed by atoms with E-state index < -0.39 is 15.8 Å². The molecule has 0 fully saturated rings. The Balaban J connectivity index is 2.12. The Morgan fingerprint density at radius 2 is 1.75 bits per heavy atom. The molecule has 3 rings (SSSR count). The summed E-state index contributed by atoms with van der Waals surface area (Å²) in [7, 11) is -3.59. The molecule has 1 aromatic carbocycles. The number of aromatic nitrogens is 2. The van der Waals surface area contributed by atoms with E-state index >= 15 is 0 Å². The zero-order valence-electron chi connectivity index (χ0n) is 13.5. The number of pyridine rings is 1. The largest absolute Gasteiger partial charge is 0.421 e. The van der Waals surface area contributed by atoms with Crippen molar-refractivity contribution in [2.75, 3.05) is 6.26 Å². The number of imidazole rings is 1. The van der Waals surface area contributed by atoms with E-state index in [1.54, 1.807) is 24.4 Å². The summed E-state index contributed by atoms with van der Waals surface area (Å²) < 4.78 is 30.7. The average molecular weight is 344 g/mol. The predicted molar refractivity (Wildman–Crippen MR) is 89.2 cm³/mol. The highest BCUT2D eigenvalue weighted by Gasteiger charge is 2.24. The number of fused-ring (bicyclic) bond motifs is 1. The minimum absolute atomic E-state index is 0.0290. The van der Waals surface area contributed by atoms with Crippen LogP contribution in [0.4, 0.5) is 0 Å². The Bertz CT molecular complexity index is 1030. The number of sulfone groups is 1. The molecule has 2 aromatic heterocycles. The molecule has 0 aliphatic rings. The third-order valence-electron chi connectivity index (χ3n) is 3.64. The van der Waals surface area contributed by atoms with Crippen LogP contribution in [0.1, 0.15) is 21.6 Å². The first-order valence-electron chi connectivity index (χ1n) is 7.24. The summed E-state index contributed by atoms with van der Waals surface area (Å²) in [6.07, 6.45) is 2.60. The van der Waals surface area contributed by atoms with Crippen molar-refractivity contribution in [2.45, 2.75) is 19.0 Å². The topological polar surface area (TPSA) is 77.7 Å². The van der Waals surface area contributed by atoms with Crippen LogP contribution in [0.3, 0.4) is 0 Å². The summed E-state index contributed by atoms with van der Waals surface area (Å²) in [5.41, 5.74) is 1.98. The summed E-state index contributed by atoms with van der Waals surface area (Å²) in [4.78, 5) is 16.6. The summed E-state index contributed by atoms with van der Waals surface area (Å²) in [5.74, 6) is -0.230. The second-order valence-corrected chi connectivity index (χ2v) is 7.49. The highest BCUT2D eigenvalue weighted by atomic mass is 32.2. The zero-order chi connectivity index (χ0) is 17.5. The van der Waals surface area contributed by atoms with Gasteiger partial charge in [0, 0.05) is 12.5 Å². The lowest BCUT2D eigenvalue weighted by molar-refractivity contribution is 0.0728. The molecule has 0 saturated carbocycles. The molecule has 3 aromatic rings. The van der Waals surface area contributed by atoms with Crippen LogP contribution in [0.25, 0.3) is 5.52 Å². The van der Waals surface area contributed by atoms with Gasteiger partial charge in [-0.2, -0.15) is 0 Å². The minimum Gasteiger partial charge on any atom is -0.421 e. The lowest BCUT2D eigenvalue weighted by atomic mass is 10.1. The van der Waals surface area contributed by atoms with E-state index in [1.165, 1.54) is 4.40 Å². The number of nitrogens with zero attached hydrogens (tertiary/aromatic N) is 2. The van der Waals surface area contributed by atoms with Crippen LogP contribution in [-0.2, 0) is 9.84 Å².